The second-order valence-electron chi connectivity index (χ2n) is 7.36. The van der Waals surface area contributed by atoms with Gasteiger partial charge in [-0.1, -0.05) is 34.1 Å². The van der Waals surface area contributed by atoms with Crippen LogP contribution in [-0.2, 0) is 4.79 Å². The highest BCUT2D eigenvalue weighted by molar-refractivity contribution is 5.87. The minimum atomic E-state index is 0.0657. The molecule has 0 amide bonds. The van der Waals surface area contributed by atoms with Crippen molar-refractivity contribution in [3.8, 4) is 0 Å². The molecule has 1 nitrogen and oxygen atoms in total. The number of carbonyl (C=O) groups excluding carboxylic acids is 1. The first-order valence-corrected chi connectivity index (χ1v) is 7.42. The van der Waals surface area contributed by atoms with Gasteiger partial charge in [-0.15, -0.1) is 0 Å². The average molecular weight is 236 g/mol. The number of carbonyl (C=O) groups is 1. The zero-order chi connectivity index (χ0) is 12.7. The van der Waals surface area contributed by atoms with Gasteiger partial charge in [-0.05, 0) is 49.9 Å². The first kappa shape index (κ1) is 13.1. The first-order valence-electron chi connectivity index (χ1n) is 7.42. The van der Waals surface area contributed by atoms with E-state index in [1.165, 1.54) is 19.3 Å². The molecule has 0 saturated heterocycles. The Bertz CT molecular complexity index is 291. The number of Topliss-reactive ketones (excluding diaryl/α,β-unsaturated/α-hetero) is 1. The highest BCUT2D eigenvalue weighted by Gasteiger charge is 2.44. The normalized spacial score (nSPS) is 36.6. The molecule has 0 aliphatic heterocycles. The maximum Gasteiger partial charge on any atom is 0.141 e. The van der Waals surface area contributed by atoms with Crippen molar-refractivity contribution < 1.29 is 4.79 Å². The molecular weight excluding hydrogens is 208 g/mol. The molecule has 0 radical (unpaired) electrons. The molecule has 0 bridgehead atoms. The van der Waals surface area contributed by atoms with Crippen LogP contribution in [0.1, 0.15) is 72.6 Å². The van der Waals surface area contributed by atoms with Crippen LogP contribution in [0.4, 0.5) is 0 Å². The van der Waals surface area contributed by atoms with Crippen LogP contribution in [0, 0.1) is 22.7 Å². The Morgan fingerprint density at radius 1 is 1.06 bits per heavy atom. The van der Waals surface area contributed by atoms with Gasteiger partial charge in [-0.2, -0.15) is 0 Å². The van der Waals surface area contributed by atoms with E-state index in [2.05, 4.69) is 27.7 Å². The molecule has 2 aliphatic rings. The van der Waals surface area contributed by atoms with Crippen molar-refractivity contribution in [2.24, 2.45) is 22.7 Å². The number of rotatable bonds is 3. The van der Waals surface area contributed by atoms with Crippen molar-refractivity contribution in [1.82, 2.24) is 0 Å². The van der Waals surface area contributed by atoms with Crippen molar-refractivity contribution in [3.63, 3.8) is 0 Å². The van der Waals surface area contributed by atoms with Gasteiger partial charge in [0.15, 0.2) is 0 Å². The molecule has 1 heteroatoms. The Hall–Kier alpha value is -0.330. The van der Waals surface area contributed by atoms with Crippen molar-refractivity contribution in [2.45, 2.75) is 72.6 Å². The smallest absolute Gasteiger partial charge is 0.141 e. The highest BCUT2D eigenvalue weighted by Crippen LogP contribution is 2.49. The number of hydrogen-bond acceptors (Lipinski definition) is 1. The van der Waals surface area contributed by atoms with Gasteiger partial charge < -0.3 is 0 Å². The molecule has 98 valence electrons. The van der Waals surface area contributed by atoms with Crippen molar-refractivity contribution in [2.75, 3.05) is 0 Å². The summed E-state index contributed by atoms with van der Waals surface area (Å²) in [6, 6.07) is 0. The summed E-state index contributed by atoms with van der Waals surface area (Å²) in [5.41, 5.74) is 0.549. The second-order valence-corrected chi connectivity index (χ2v) is 7.36. The molecule has 0 atom stereocenters. The van der Waals surface area contributed by atoms with Crippen LogP contribution < -0.4 is 0 Å². The first-order chi connectivity index (χ1) is 7.87. The van der Waals surface area contributed by atoms with E-state index in [4.69, 9.17) is 0 Å². The Morgan fingerprint density at radius 2 is 1.59 bits per heavy atom. The van der Waals surface area contributed by atoms with Gasteiger partial charge in [0.1, 0.15) is 5.78 Å². The Kier molecular flexibility index (Phi) is 3.40. The lowest BCUT2D eigenvalue weighted by Crippen LogP contribution is -2.42. The van der Waals surface area contributed by atoms with Crippen LogP contribution in [0.25, 0.3) is 0 Å². The lowest BCUT2D eigenvalue weighted by atomic mass is 9.59. The van der Waals surface area contributed by atoms with Crippen LogP contribution in [0.5, 0.6) is 0 Å². The fraction of sp³-hybridized carbons (Fsp3) is 0.938. The molecule has 0 aromatic heterocycles. The van der Waals surface area contributed by atoms with Crippen LogP contribution in [0.3, 0.4) is 0 Å². The predicted octanol–water partition coefficient (Wildman–Crippen LogP) is 4.60. The van der Waals surface area contributed by atoms with Crippen molar-refractivity contribution in [3.05, 3.63) is 0 Å². The summed E-state index contributed by atoms with van der Waals surface area (Å²) in [4.78, 5) is 12.5. The molecule has 0 heterocycles. The Balaban J connectivity index is 1.93. The van der Waals surface area contributed by atoms with Gasteiger partial charge in [-0.3, -0.25) is 4.79 Å². The van der Waals surface area contributed by atoms with Crippen molar-refractivity contribution in [1.29, 1.82) is 0 Å². The van der Waals surface area contributed by atoms with E-state index in [1.807, 2.05) is 0 Å². The number of hydrogen-bond donors (Lipinski definition) is 0. The minimum Gasteiger partial charge on any atom is -0.299 e. The van der Waals surface area contributed by atoms with E-state index < -0.39 is 0 Å². The number of ketones is 1. The summed E-state index contributed by atoms with van der Waals surface area (Å²) >= 11 is 0. The summed E-state index contributed by atoms with van der Waals surface area (Å²) in [7, 11) is 0. The fourth-order valence-electron chi connectivity index (χ4n) is 3.56. The molecule has 0 N–H and O–H groups in total. The Morgan fingerprint density at radius 3 is 1.94 bits per heavy atom. The molecular formula is C16H28O. The van der Waals surface area contributed by atoms with E-state index in [-0.39, 0.29) is 5.41 Å². The lowest BCUT2D eigenvalue weighted by molar-refractivity contribution is -0.138. The van der Waals surface area contributed by atoms with Crippen molar-refractivity contribution >= 4 is 5.78 Å². The van der Waals surface area contributed by atoms with E-state index in [0.717, 1.165) is 31.6 Å². The quantitative estimate of drug-likeness (QED) is 0.700. The molecule has 2 fully saturated rings. The van der Waals surface area contributed by atoms with Gasteiger partial charge in [-0.25, -0.2) is 0 Å². The summed E-state index contributed by atoms with van der Waals surface area (Å²) in [5, 5.41) is 0. The maximum atomic E-state index is 12.5. The van der Waals surface area contributed by atoms with Gasteiger partial charge >= 0.3 is 0 Å². The molecule has 2 saturated carbocycles. The average Bonchev–Trinajstić information content (AvgIpc) is 2.26. The summed E-state index contributed by atoms with van der Waals surface area (Å²) in [6.45, 7) is 9.25. The standard InChI is InChI=1S/C16H28O/c1-12(2)15(3)10-6-13(7-11-15)14(17)16(4)8-5-9-16/h12-13H,5-11H2,1-4H3. The van der Waals surface area contributed by atoms with E-state index >= 15 is 0 Å². The molecule has 2 rings (SSSR count). The molecule has 0 aromatic rings. The lowest BCUT2D eigenvalue weighted by Gasteiger charge is -2.44. The second kappa shape index (κ2) is 4.40. The third kappa shape index (κ3) is 2.30. The van der Waals surface area contributed by atoms with E-state index in [0.29, 0.717) is 17.1 Å². The van der Waals surface area contributed by atoms with Crippen LogP contribution in [0.15, 0.2) is 0 Å². The minimum absolute atomic E-state index is 0.0657. The molecule has 17 heavy (non-hydrogen) atoms. The summed E-state index contributed by atoms with van der Waals surface area (Å²) in [5.74, 6) is 1.72. The predicted molar refractivity (Wildman–Crippen MR) is 71.9 cm³/mol. The van der Waals surface area contributed by atoms with Crippen LogP contribution >= 0.6 is 0 Å². The fourth-order valence-corrected chi connectivity index (χ4v) is 3.56. The summed E-state index contributed by atoms with van der Waals surface area (Å²) < 4.78 is 0. The van der Waals surface area contributed by atoms with E-state index in [1.54, 1.807) is 0 Å². The largest absolute Gasteiger partial charge is 0.299 e. The monoisotopic (exact) mass is 236 g/mol. The van der Waals surface area contributed by atoms with Gasteiger partial charge in [0, 0.05) is 11.3 Å². The van der Waals surface area contributed by atoms with Crippen LogP contribution in [-0.4, -0.2) is 5.78 Å². The van der Waals surface area contributed by atoms with Gasteiger partial charge in [0.05, 0.1) is 0 Å². The molecule has 2 aliphatic carbocycles. The molecule has 0 aromatic carbocycles. The highest BCUT2D eigenvalue weighted by atomic mass is 16.1. The third-order valence-electron chi connectivity index (χ3n) is 5.94. The topological polar surface area (TPSA) is 17.1 Å². The van der Waals surface area contributed by atoms with E-state index in [9.17, 15) is 4.79 Å². The molecule has 0 unspecified atom stereocenters. The van der Waals surface area contributed by atoms with Gasteiger partial charge in [0.25, 0.3) is 0 Å². The van der Waals surface area contributed by atoms with Crippen LogP contribution in [0.2, 0.25) is 0 Å². The van der Waals surface area contributed by atoms with Gasteiger partial charge in [0.2, 0.25) is 0 Å². The zero-order valence-corrected chi connectivity index (χ0v) is 12.0. The maximum absolute atomic E-state index is 12.5. The third-order valence-corrected chi connectivity index (χ3v) is 5.94. The molecule has 0 spiro atoms. The Labute approximate surface area is 106 Å². The SMILES string of the molecule is CC(C)C1(C)CCC(C(=O)C2(C)CCC2)CC1. The summed E-state index contributed by atoms with van der Waals surface area (Å²) in [6.07, 6.45) is 8.33. The zero-order valence-electron chi connectivity index (χ0n) is 12.0.